The van der Waals surface area contributed by atoms with E-state index in [9.17, 15) is 19.7 Å². The van der Waals surface area contributed by atoms with Crippen LogP contribution in [0, 0.1) is 16.0 Å². The van der Waals surface area contributed by atoms with Gasteiger partial charge in [0.2, 0.25) is 11.8 Å². The highest BCUT2D eigenvalue weighted by Crippen LogP contribution is 2.34. The Morgan fingerprint density at radius 2 is 2.29 bits per heavy atom. The van der Waals surface area contributed by atoms with Gasteiger partial charge in [0.25, 0.3) is 5.69 Å². The van der Waals surface area contributed by atoms with Gasteiger partial charge in [-0.05, 0) is 6.07 Å². The van der Waals surface area contributed by atoms with Crippen LogP contribution >= 0.6 is 11.3 Å². The summed E-state index contributed by atoms with van der Waals surface area (Å²) in [5.41, 5.74) is 5.77. The Labute approximate surface area is 122 Å². The molecule has 1 fully saturated rings. The Balaban J connectivity index is 1.96. The molecule has 108 valence electrons. The van der Waals surface area contributed by atoms with Gasteiger partial charge in [-0.25, -0.2) is 4.98 Å². The van der Waals surface area contributed by atoms with E-state index in [2.05, 4.69) is 4.98 Å². The number of non-ortho nitro benzene ring substituents is 1. The van der Waals surface area contributed by atoms with Crippen LogP contribution < -0.4 is 10.6 Å². The number of nitrogens with zero attached hydrogens (tertiary/aromatic N) is 3. The van der Waals surface area contributed by atoms with Crippen LogP contribution in [0.4, 0.5) is 10.8 Å². The lowest BCUT2D eigenvalue weighted by molar-refractivity contribution is -0.384. The summed E-state index contributed by atoms with van der Waals surface area (Å²) in [4.78, 5) is 39.1. The molecule has 1 atom stereocenters. The number of fused-ring (bicyclic) bond motifs is 1. The largest absolute Gasteiger partial charge is 0.369 e. The monoisotopic (exact) mass is 306 g/mol. The molecule has 1 aromatic heterocycles. The van der Waals surface area contributed by atoms with Crippen LogP contribution in [0.15, 0.2) is 18.2 Å². The van der Waals surface area contributed by atoms with Crippen LogP contribution in [0.2, 0.25) is 0 Å². The molecule has 2 heterocycles. The number of benzene rings is 1. The van der Waals surface area contributed by atoms with Crippen molar-refractivity contribution in [2.45, 2.75) is 6.42 Å². The van der Waals surface area contributed by atoms with Crippen LogP contribution in [0.3, 0.4) is 0 Å². The zero-order valence-corrected chi connectivity index (χ0v) is 11.5. The Morgan fingerprint density at radius 1 is 1.52 bits per heavy atom. The normalized spacial score (nSPS) is 18.4. The molecule has 1 aromatic carbocycles. The van der Waals surface area contributed by atoms with Crippen LogP contribution in [-0.2, 0) is 9.59 Å². The maximum absolute atomic E-state index is 11.9. The fourth-order valence-corrected chi connectivity index (χ4v) is 3.24. The molecule has 2 aromatic rings. The third-order valence-corrected chi connectivity index (χ3v) is 4.37. The van der Waals surface area contributed by atoms with Gasteiger partial charge in [-0.2, -0.15) is 0 Å². The van der Waals surface area contributed by atoms with Crippen molar-refractivity contribution in [3.05, 3.63) is 28.3 Å². The number of hydrogen-bond acceptors (Lipinski definition) is 6. The van der Waals surface area contributed by atoms with E-state index < -0.39 is 16.7 Å². The third kappa shape index (κ3) is 2.31. The molecule has 0 aliphatic carbocycles. The number of amides is 2. The first-order valence-corrected chi connectivity index (χ1v) is 6.92. The van der Waals surface area contributed by atoms with Crippen molar-refractivity contribution in [1.29, 1.82) is 0 Å². The van der Waals surface area contributed by atoms with Crippen LogP contribution in [0.25, 0.3) is 10.2 Å². The van der Waals surface area contributed by atoms with E-state index >= 15 is 0 Å². The molecule has 3 rings (SSSR count). The molecule has 0 saturated carbocycles. The van der Waals surface area contributed by atoms with Gasteiger partial charge in [-0.3, -0.25) is 24.6 Å². The van der Waals surface area contributed by atoms with E-state index in [0.717, 1.165) is 0 Å². The predicted octanol–water partition coefficient (Wildman–Crippen LogP) is 1.04. The minimum atomic E-state index is -0.515. The lowest BCUT2D eigenvalue weighted by atomic mass is 10.1. The molecular weight excluding hydrogens is 296 g/mol. The van der Waals surface area contributed by atoms with E-state index in [-0.39, 0.29) is 24.6 Å². The Kier molecular flexibility index (Phi) is 3.05. The SMILES string of the molecule is NC(=O)C1CC(=O)N(c2nc3ccc([N+](=O)[O-])cc3s2)C1. The highest BCUT2D eigenvalue weighted by molar-refractivity contribution is 7.22. The molecule has 0 bridgehead atoms. The maximum atomic E-state index is 11.9. The number of anilines is 1. The summed E-state index contributed by atoms with van der Waals surface area (Å²) in [7, 11) is 0. The number of rotatable bonds is 3. The van der Waals surface area contributed by atoms with Crippen LogP contribution in [0.5, 0.6) is 0 Å². The van der Waals surface area contributed by atoms with E-state index in [1.807, 2.05) is 0 Å². The molecule has 21 heavy (non-hydrogen) atoms. The van der Waals surface area contributed by atoms with Crippen molar-refractivity contribution in [2.24, 2.45) is 11.7 Å². The Bertz CT molecular complexity index is 772. The zero-order chi connectivity index (χ0) is 15.1. The van der Waals surface area contributed by atoms with Crippen molar-refractivity contribution in [3.8, 4) is 0 Å². The Hall–Kier alpha value is -2.55. The number of nitro benzene ring substituents is 1. The summed E-state index contributed by atoms with van der Waals surface area (Å²) < 4.78 is 0.620. The lowest BCUT2D eigenvalue weighted by Crippen LogP contribution is -2.28. The van der Waals surface area contributed by atoms with E-state index in [1.54, 1.807) is 6.07 Å². The number of nitro groups is 1. The van der Waals surface area contributed by atoms with Crippen LogP contribution in [0.1, 0.15) is 6.42 Å². The van der Waals surface area contributed by atoms with E-state index in [4.69, 9.17) is 5.73 Å². The number of carbonyl (C=O) groups excluding carboxylic acids is 2. The van der Waals surface area contributed by atoms with Gasteiger partial charge >= 0.3 is 0 Å². The molecule has 0 spiro atoms. The summed E-state index contributed by atoms with van der Waals surface area (Å²) in [5.74, 6) is -1.24. The average molecular weight is 306 g/mol. The number of nitrogens with two attached hydrogens (primary N) is 1. The molecule has 9 heteroatoms. The summed E-state index contributed by atoms with van der Waals surface area (Å²) in [6, 6.07) is 4.33. The second-order valence-corrected chi connectivity index (χ2v) is 5.72. The van der Waals surface area contributed by atoms with Crippen LogP contribution in [-0.4, -0.2) is 28.3 Å². The second-order valence-electron chi connectivity index (χ2n) is 4.71. The van der Waals surface area contributed by atoms with Crippen molar-refractivity contribution < 1.29 is 14.5 Å². The van der Waals surface area contributed by atoms with Crippen molar-refractivity contribution >= 4 is 44.2 Å². The van der Waals surface area contributed by atoms with Gasteiger partial charge in [0, 0.05) is 25.1 Å². The van der Waals surface area contributed by atoms with Gasteiger partial charge in [0.1, 0.15) is 0 Å². The first-order chi connectivity index (χ1) is 9.95. The number of hydrogen-bond donors (Lipinski definition) is 1. The molecule has 2 N–H and O–H groups in total. The summed E-state index contributed by atoms with van der Waals surface area (Å²) >= 11 is 1.18. The maximum Gasteiger partial charge on any atom is 0.270 e. The quantitative estimate of drug-likeness (QED) is 0.671. The first-order valence-electron chi connectivity index (χ1n) is 6.10. The molecule has 1 saturated heterocycles. The Morgan fingerprint density at radius 3 is 2.90 bits per heavy atom. The molecule has 1 unspecified atom stereocenters. The average Bonchev–Trinajstić information content (AvgIpc) is 3.00. The van der Waals surface area contributed by atoms with E-state index in [0.29, 0.717) is 15.3 Å². The predicted molar refractivity (Wildman–Crippen MR) is 75.9 cm³/mol. The fraction of sp³-hybridized carbons (Fsp3) is 0.250. The van der Waals surface area contributed by atoms with Gasteiger partial charge in [0.05, 0.1) is 21.1 Å². The highest BCUT2D eigenvalue weighted by atomic mass is 32.1. The second kappa shape index (κ2) is 4.77. The number of carbonyl (C=O) groups is 2. The molecule has 8 nitrogen and oxygen atoms in total. The van der Waals surface area contributed by atoms with E-state index in [1.165, 1.54) is 28.4 Å². The minimum absolute atomic E-state index is 0.0274. The standard InChI is InChI=1S/C12H10N4O4S/c13-11(18)6-3-10(17)15(5-6)12-14-8-2-1-7(16(19)20)4-9(8)21-12/h1-2,4,6H,3,5H2,(H2,13,18). The molecule has 1 aliphatic heterocycles. The third-order valence-electron chi connectivity index (χ3n) is 3.33. The topological polar surface area (TPSA) is 119 Å². The number of primary amides is 1. The van der Waals surface area contributed by atoms with Crippen molar-refractivity contribution in [2.75, 3.05) is 11.4 Å². The van der Waals surface area contributed by atoms with Gasteiger partial charge in [0.15, 0.2) is 5.13 Å². The van der Waals surface area contributed by atoms with Gasteiger partial charge in [-0.15, -0.1) is 0 Å². The summed E-state index contributed by atoms with van der Waals surface area (Å²) in [6.07, 6.45) is 0.0748. The number of aromatic nitrogens is 1. The molecule has 0 radical (unpaired) electrons. The minimum Gasteiger partial charge on any atom is -0.369 e. The smallest absolute Gasteiger partial charge is 0.270 e. The highest BCUT2D eigenvalue weighted by Gasteiger charge is 2.35. The summed E-state index contributed by atoms with van der Waals surface area (Å²) in [5, 5.41) is 11.2. The van der Waals surface area contributed by atoms with Crippen molar-refractivity contribution in [3.63, 3.8) is 0 Å². The summed E-state index contributed by atoms with van der Waals surface area (Å²) in [6.45, 7) is 0.204. The zero-order valence-electron chi connectivity index (χ0n) is 10.7. The molecular formula is C12H10N4O4S. The molecule has 1 aliphatic rings. The fourth-order valence-electron chi connectivity index (χ4n) is 2.21. The van der Waals surface area contributed by atoms with Gasteiger partial charge in [-0.1, -0.05) is 11.3 Å². The van der Waals surface area contributed by atoms with Gasteiger partial charge < -0.3 is 5.73 Å². The number of thiazole rings is 1. The lowest BCUT2D eigenvalue weighted by Gasteiger charge is -2.11. The molecule has 2 amide bonds. The van der Waals surface area contributed by atoms with Crippen molar-refractivity contribution in [1.82, 2.24) is 4.98 Å². The first kappa shape index (κ1) is 13.4.